The molecule has 9 heteroatoms. The zero-order valence-corrected chi connectivity index (χ0v) is 13.8. The second-order valence-electron chi connectivity index (χ2n) is 6.53. The quantitative estimate of drug-likeness (QED) is 0.904. The van der Waals surface area contributed by atoms with Gasteiger partial charge in [-0.15, -0.1) is 10.2 Å². The van der Waals surface area contributed by atoms with Gasteiger partial charge in [0, 0.05) is 32.0 Å². The Kier molecular flexibility index (Phi) is 4.15. The highest BCUT2D eigenvalue weighted by Gasteiger charge is 2.62. The molecule has 0 bridgehead atoms. The summed E-state index contributed by atoms with van der Waals surface area (Å²) in [6, 6.07) is 0. The molecular formula is C15H20F3N5O. The van der Waals surface area contributed by atoms with E-state index in [0.29, 0.717) is 18.0 Å². The molecule has 2 aromatic heterocycles. The van der Waals surface area contributed by atoms with Gasteiger partial charge in [0.2, 0.25) is 5.65 Å². The number of aromatic nitrogens is 4. The molecule has 0 unspecified atom stereocenters. The number of hydrogen-bond acceptors (Lipinski definition) is 5. The maximum absolute atomic E-state index is 13.0. The summed E-state index contributed by atoms with van der Waals surface area (Å²) in [5.41, 5.74) is -1.42. The van der Waals surface area contributed by atoms with Crippen LogP contribution in [0, 0.1) is 5.92 Å². The first-order valence-corrected chi connectivity index (χ1v) is 7.83. The number of halogens is 3. The fourth-order valence-corrected chi connectivity index (χ4v) is 3.13. The van der Waals surface area contributed by atoms with Crippen LogP contribution < -0.4 is 5.32 Å². The molecule has 1 N–H and O–H groups in total. The van der Waals surface area contributed by atoms with E-state index in [1.807, 2.05) is 18.2 Å². The van der Waals surface area contributed by atoms with Gasteiger partial charge in [0.15, 0.2) is 11.4 Å². The molecule has 6 nitrogen and oxygen atoms in total. The Hall–Kier alpha value is -1.90. The molecule has 1 aliphatic carbocycles. The molecule has 1 saturated carbocycles. The van der Waals surface area contributed by atoms with Gasteiger partial charge in [-0.3, -0.25) is 4.40 Å². The minimum atomic E-state index is -4.34. The van der Waals surface area contributed by atoms with Crippen molar-refractivity contribution in [1.29, 1.82) is 0 Å². The Morgan fingerprint density at radius 2 is 2.08 bits per heavy atom. The lowest BCUT2D eigenvalue weighted by Gasteiger charge is -2.47. The minimum absolute atomic E-state index is 0.0486. The summed E-state index contributed by atoms with van der Waals surface area (Å²) < 4.78 is 45.6. The number of nitrogens with zero attached hydrogens (tertiary/aromatic N) is 4. The molecule has 132 valence electrons. The third kappa shape index (κ3) is 2.70. The summed E-state index contributed by atoms with van der Waals surface area (Å²) in [5, 5.41) is 11.4. The van der Waals surface area contributed by atoms with Crippen molar-refractivity contribution < 1.29 is 17.9 Å². The maximum atomic E-state index is 13.0. The highest BCUT2D eigenvalue weighted by molar-refractivity contribution is 5.62. The predicted molar refractivity (Wildman–Crippen MR) is 81.9 cm³/mol. The average molecular weight is 343 g/mol. The van der Waals surface area contributed by atoms with Crippen LogP contribution in [0.5, 0.6) is 0 Å². The SMILES string of the molecule is COC1(C(F)(F)F)CC(CNc2nccn3c(C(C)C)nnc23)C1. The Labute approximate surface area is 137 Å². The van der Waals surface area contributed by atoms with E-state index in [2.05, 4.69) is 20.5 Å². The number of anilines is 1. The lowest BCUT2D eigenvalue weighted by atomic mass is 9.70. The van der Waals surface area contributed by atoms with Gasteiger partial charge in [-0.05, 0) is 18.8 Å². The van der Waals surface area contributed by atoms with Crippen LogP contribution in [-0.4, -0.2) is 45.0 Å². The summed E-state index contributed by atoms with van der Waals surface area (Å²) in [6.07, 6.45) is -1.03. The van der Waals surface area contributed by atoms with E-state index in [1.54, 1.807) is 12.4 Å². The molecule has 2 aromatic rings. The molecule has 1 fully saturated rings. The van der Waals surface area contributed by atoms with Crippen LogP contribution in [0.3, 0.4) is 0 Å². The van der Waals surface area contributed by atoms with E-state index in [1.165, 1.54) is 0 Å². The first-order chi connectivity index (χ1) is 11.3. The lowest BCUT2D eigenvalue weighted by Crippen LogP contribution is -2.57. The molecule has 24 heavy (non-hydrogen) atoms. The van der Waals surface area contributed by atoms with Gasteiger partial charge in [-0.1, -0.05) is 13.8 Å². The van der Waals surface area contributed by atoms with E-state index in [-0.39, 0.29) is 24.7 Å². The Morgan fingerprint density at radius 1 is 1.38 bits per heavy atom. The molecule has 0 atom stereocenters. The Morgan fingerprint density at radius 3 is 2.67 bits per heavy atom. The highest BCUT2D eigenvalue weighted by Crippen LogP contribution is 2.50. The van der Waals surface area contributed by atoms with Gasteiger partial charge in [-0.25, -0.2) is 4.98 Å². The van der Waals surface area contributed by atoms with Crippen LogP contribution in [-0.2, 0) is 4.74 Å². The van der Waals surface area contributed by atoms with Gasteiger partial charge in [0.25, 0.3) is 0 Å². The van der Waals surface area contributed by atoms with Gasteiger partial charge in [0.05, 0.1) is 0 Å². The van der Waals surface area contributed by atoms with Crippen molar-refractivity contribution in [3.63, 3.8) is 0 Å². The van der Waals surface area contributed by atoms with Crippen molar-refractivity contribution in [2.24, 2.45) is 5.92 Å². The molecule has 0 amide bonds. The predicted octanol–water partition coefficient (Wildman–Crippen LogP) is 3.02. The van der Waals surface area contributed by atoms with Gasteiger partial charge in [-0.2, -0.15) is 13.2 Å². The maximum Gasteiger partial charge on any atom is 0.417 e. The van der Waals surface area contributed by atoms with Gasteiger partial charge in [0.1, 0.15) is 5.82 Å². The van der Waals surface area contributed by atoms with E-state index >= 15 is 0 Å². The number of ether oxygens (including phenoxy) is 1. The highest BCUT2D eigenvalue weighted by atomic mass is 19.4. The molecule has 0 saturated heterocycles. The van der Waals surface area contributed by atoms with Crippen LogP contribution >= 0.6 is 0 Å². The first kappa shape index (κ1) is 16.9. The van der Waals surface area contributed by atoms with E-state index in [4.69, 9.17) is 4.74 Å². The van der Waals surface area contributed by atoms with E-state index in [9.17, 15) is 13.2 Å². The zero-order chi connectivity index (χ0) is 17.5. The largest absolute Gasteiger partial charge is 0.417 e. The number of alkyl halides is 3. The number of hydrogen-bond donors (Lipinski definition) is 1. The van der Waals surface area contributed by atoms with Crippen LogP contribution in [0.15, 0.2) is 12.4 Å². The van der Waals surface area contributed by atoms with Crippen molar-refractivity contribution in [3.8, 4) is 0 Å². The van der Waals surface area contributed by atoms with Gasteiger partial charge < -0.3 is 10.1 Å². The van der Waals surface area contributed by atoms with E-state index in [0.717, 1.165) is 12.9 Å². The molecule has 0 aliphatic heterocycles. The molecule has 0 spiro atoms. The molecule has 1 aliphatic rings. The molecule has 2 heterocycles. The van der Waals surface area contributed by atoms with Crippen molar-refractivity contribution in [2.75, 3.05) is 19.0 Å². The van der Waals surface area contributed by atoms with Crippen molar-refractivity contribution in [2.45, 2.75) is 44.4 Å². The van der Waals surface area contributed by atoms with Crippen LogP contribution in [0.2, 0.25) is 0 Å². The number of fused-ring (bicyclic) bond motifs is 1. The average Bonchev–Trinajstić information content (AvgIpc) is 2.89. The summed E-state index contributed by atoms with van der Waals surface area (Å²) in [5.74, 6) is 1.42. The second kappa shape index (κ2) is 5.87. The van der Waals surface area contributed by atoms with Crippen LogP contribution in [0.1, 0.15) is 38.4 Å². The second-order valence-corrected chi connectivity index (χ2v) is 6.53. The van der Waals surface area contributed by atoms with Crippen molar-refractivity contribution in [1.82, 2.24) is 19.6 Å². The summed E-state index contributed by atoms with van der Waals surface area (Å²) in [4.78, 5) is 4.23. The summed E-state index contributed by atoms with van der Waals surface area (Å²) in [7, 11) is 1.11. The Bertz CT molecular complexity index is 721. The molecular weight excluding hydrogens is 323 g/mol. The third-order valence-corrected chi connectivity index (χ3v) is 4.57. The lowest BCUT2D eigenvalue weighted by molar-refractivity contribution is -0.307. The topological polar surface area (TPSA) is 64.3 Å². The third-order valence-electron chi connectivity index (χ3n) is 4.57. The Balaban J connectivity index is 1.68. The fourth-order valence-electron chi connectivity index (χ4n) is 3.13. The van der Waals surface area contributed by atoms with Crippen LogP contribution in [0.4, 0.5) is 19.0 Å². The zero-order valence-electron chi connectivity index (χ0n) is 13.8. The summed E-state index contributed by atoms with van der Waals surface area (Å²) >= 11 is 0. The van der Waals surface area contributed by atoms with Crippen molar-refractivity contribution in [3.05, 3.63) is 18.2 Å². The van der Waals surface area contributed by atoms with Gasteiger partial charge >= 0.3 is 6.18 Å². The van der Waals surface area contributed by atoms with E-state index < -0.39 is 11.8 Å². The molecule has 3 rings (SSSR count). The molecule has 0 aromatic carbocycles. The standard InChI is InChI=1S/C15H20F3N5O/c1-9(2)12-21-22-13-11(19-4-5-23(12)13)20-8-10-6-14(7-10,24-3)15(16,17)18/h4-5,9-10H,6-8H2,1-3H3,(H,19,20). The molecule has 0 radical (unpaired) electrons. The normalized spacial score (nSPS) is 24.4. The number of rotatable bonds is 5. The fraction of sp³-hybridized carbons (Fsp3) is 0.667. The van der Waals surface area contributed by atoms with Crippen LogP contribution in [0.25, 0.3) is 5.65 Å². The van der Waals surface area contributed by atoms with Crippen molar-refractivity contribution >= 4 is 11.5 Å². The first-order valence-electron chi connectivity index (χ1n) is 7.83. The smallest absolute Gasteiger partial charge is 0.369 e. The minimum Gasteiger partial charge on any atom is -0.369 e. The number of methoxy groups -OCH3 is 1. The number of nitrogens with one attached hydrogen (secondary N) is 1. The summed E-state index contributed by atoms with van der Waals surface area (Å²) in [6.45, 7) is 4.41. The monoisotopic (exact) mass is 343 g/mol.